The molecular weight excluding hydrogens is 398 g/mol. The Bertz CT molecular complexity index is 1050. The molecule has 1 atom stereocenters. The lowest BCUT2D eigenvalue weighted by atomic mass is 10.1. The van der Waals surface area contributed by atoms with Crippen LogP contribution in [0.3, 0.4) is 0 Å². The first-order chi connectivity index (χ1) is 14.5. The second-order valence-corrected chi connectivity index (χ2v) is 8.39. The maximum absolute atomic E-state index is 12.3. The molecule has 0 radical (unpaired) electrons. The van der Waals surface area contributed by atoms with Crippen molar-refractivity contribution in [2.24, 2.45) is 0 Å². The minimum Gasteiger partial charge on any atom is -0.494 e. The first kappa shape index (κ1) is 20.7. The van der Waals surface area contributed by atoms with Crippen LogP contribution in [0, 0.1) is 13.8 Å². The summed E-state index contributed by atoms with van der Waals surface area (Å²) in [5, 5.41) is 0.795. The first-order valence-electron chi connectivity index (χ1n) is 10.6. The van der Waals surface area contributed by atoms with E-state index in [0.717, 1.165) is 64.8 Å². The van der Waals surface area contributed by atoms with E-state index in [4.69, 9.17) is 21.3 Å². The Kier molecular flexibility index (Phi) is 6.00. The maximum Gasteiger partial charge on any atom is 0.223 e. The van der Waals surface area contributed by atoms with Crippen molar-refractivity contribution < 1.29 is 9.53 Å². The molecule has 3 aromatic rings. The predicted octanol–water partition coefficient (Wildman–Crippen LogP) is 5.11. The topological polar surface area (TPSA) is 47.4 Å². The highest BCUT2D eigenvalue weighted by Gasteiger charge is 2.33. The number of nitrogens with zero attached hydrogens (tertiary/aromatic N) is 3. The highest BCUT2D eigenvalue weighted by molar-refractivity contribution is 6.32. The molecule has 0 N–H and O–H groups in total. The standard InChI is InChI=1S/C24H28ClN3O2/c1-4-27-15-18(14-22(27)29)24-26-20-8-5-6-9-21(20)28(24)10-7-11-30-19-12-16(2)23(25)17(3)13-19/h5-6,8-9,12-13,18H,4,7,10-11,14-15H2,1-3H3. The minimum atomic E-state index is 0.146. The lowest BCUT2D eigenvalue weighted by Gasteiger charge is -2.16. The van der Waals surface area contributed by atoms with Gasteiger partial charge in [-0.2, -0.15) is 0 Å². The van der Waals surface area contributed by atoms with Gasteiger partial charge in [0.25, 0.3) is 0 Å². The number of aromatic nitrogens is 2. The highest BCUT2D eigenvalue weighted by atomic mass is 35.5. The van der Waals surface area contributed by atoms with E-state index >= 15 is 0 Å². The molecule has 0 bridgehead atoms. The molecule has 1 unspecified atom stereocenters. The smallest absolute Gasteiger partial charge is 0.223 e. The van der Waals surface area contributed by atoms with Crippen molar-refractivity contribution >= 4 is 28.5 Å². The van der Waals surface area contributed by atoms with Crippen LogP contribution in [-0.2, 0) is 11.3 Å². The number of likely N-dealkylation sites (tertiary alicyclic amines) is 1. The highest BCUT2D eigenvalue weighted by Crippen LogP contribution is 2.30. The summed E-state index contributed by atoms with van der Waals surface area (Å²) in [7, 11) is 0. The zero-order valence-corrected chi connectivity index (χ0v) is 18.6. The van der Waals surface area contributed by atoms with Gasteiger partial charge in [-0.25, -0.2) is 4.98 Å². The van der Waals surface area contributed by atoms with E-state index in [1.54, 1.807) is 0 Å². The van der Waals surface area contributed by atoms with Crippen molar-refractivity contribution in [2.75, 3.05) is 19.7 Å². The lowest BCUT2D eigenvalue weighted by molar-refractivity contribution is -0.127. The number of imidazole rings is 1. The molecule has 0 aliphatic carbocycles. The Balaban J connectivity index is 1.49. The Labute approximate surface area is 182 Å². The average molecular weight is 426 g/mol. The number of para-hydroxylation sites is 2. The second-order valence-electron chi connectivity index (χ2n) is 8.02. The number of carbonyl (C=O) groups is 1. The van der Waals surface area contributed by atoms with E-state index in [0.29, 0.717) is 13.0 Å². The number of carbonyl (C=O) groups excluding carboxylic acids is 1. The Hall–Kier alpha value is -2.53. The molecule has 158 valence electrons. The molecule has 1 amide bonds. The summed E-state index contributed by atoms with van der Waals surface area (Å²) < 4.78 is 8.27. The van der Waals surface area contributed by atoms with Crippen LogP contribution < -0.4 is 4.74 Å². The summed E-state index contributed by atoms with van der Waals surface area (Å²) in [5.74, 6) is 2.23. The summed E-state index contributed by atoms with van der Waals surface area (Å²) in [5.41, 5.74) is 4.16. The van der Waals surface area contributed by atoms with Crippen LogP contribution in [0.25, 0.3) is 11.0 Å². The molecule has 5 nitrogen and oxygen atoms in total. The summed E-state index contributed by atoms with van der Waals surface area (Å²) in [4.78, 5) is 19.1. The molecule has 1 saturated heterocycles. The van der Waals surface area contributed by atoms with Crippen molar-refractivity contribution in [3.8, 4) is 5.75 Å². The maximum atomic E-state index is 12.3. The van der Waals surface area contributed by atoms with Gasteiger partial charge in [0.15, 0.2) is 0 Å². The van der Waals surface area contributed by atoms with Crippen molar-refractivity contribution in [2.45, 2.75) is 46.1 Å². The molecule has 2 heterocycles. The van der Waals surface area contributed by atoms with E-state index in [1.165, 1.54) is 0 Å². The Morgan fingerprint density at radius 1 is 1.20 bits per heavy atom. The number of hydrogen-bond donors (Lipinski definition) is 0. The van der Waals surface area contributed by atoms with E-state index in [9.17, 15) is 4.79 Å². The predicted molar refractivity (Wildman–Crippen MR) is 120 cm³/mol. The third kappa shape index (κ3) is 4.04. The SMILES string of the molecule is CCN1CC(c2nc3ccccc3n2CCCOc2cc(C)c(Cl)c(C)c2)CC1=O. The molecule has 0 saturated carbocycles. The van der Waals surface area contributed by atoms with Gasteiger partial charge in [-0.05, 0) is 62.6 Å². The molecule has 1 aromatic heterocycles. The van der Waals surface area contributed by atoms with Crippen LogP contribution >= 0.6 is 11.6 Å². The number of fused-ring (bicyclic) bond motifs is 1. The molecule has 1 fully saturated rings. The summed E-state index contributed by atoms with van der Waals surface area (Å²) in [6.07, 6.45) is 1.39. The fourth-order valence-corrected chi connectivity index (χ4v) is 4.40. The number of rotatable bonds is 7. The van der Waals surface area contributed by atoms with Gasteiger partial charge in [-0.1, -0.05) is 23.7 Å². The molecule has 4 rings (SSSR count). The van der Waals surface area contributed by atoms with Crippen molar-refractivity contribution in [3.63, 3.8) is 0 Å². The number of benzene rings is 2. The van der Waals surface area contributed by atoms with Crippen molar-refractivity contribution in [1.82, 2.24) is 14.5 Å². The minimum absolute atomic E-state index is 0.146. The fourth-order valence-electron chi connectivity index (χ4n) is 4.29. The van der Waals surface area contributed by atoms with Gasteiger partial charge >= 0.3 is 0 Å². The molecule has 1 aliphatic heterocycles. The van der Waals surface area contributed by atoms with Crippen LogP contribution in [0.1, 0.15) is 42.6 Å². The molecule has 6 heteroatoms. The third-order valence-corrected chi connectivity index (χ3v) is 6.45. The van der Waals surface area contributed by atoms with Crippen LogP contribution in [-0.4, -0.2) is 40.1 Å². The Morgan fingerprint density at radius 2 is 1.93 bits per heavy atom. The molecule has 2 aromatic carbocycles. The third-order valence-electron chi connectivity index (χ3n) is 5.85. The fraction of sp³-hybridized carbons (Fsp3) is 0.417. The monoisotopic (exact) mass is 425 g/mol. The molecule has 30 heavy (non-hydrogen) atoms. The van der Waals surface area contributed by atoms with Gasteiger partial charge in [-0.15, -0.1) is 0 Å². The second kappa shape index (κ2) is 8.68. The summed E-state index contributed by atoms with van der Waals surface area (Å²) >= 11 is 6.25. The van der Waals surface area contributed by atoms with Crippen molar-refractivity contribution in [1.29, 1.82) is 0 Å². The van der Waals surface area contributed by atoms with Crippen molar-refractivity contribution in [3.05, 3.63) is 58.4 Å². The number of amides is 1. The van der Waals surface area contributed by atoms with E-state index in [-0.39, 0.29) is 11.8 Å². The van der Waals surface area contributed by atoms with E-state index < -0.39 is 0 Å². The van der Waals surface area contributed by atoms with Gasteiger partial charge in [-0.3, -0.25) is 4.79 Å². The van der Waals surface area contributed by atoms with Gasteiger partial charge in [0.1, 0.15) is 11.6 Å². The number of aryl methyl sites for hydroxylation is 3. The molecule has 1 aliphatic rings. The van der Waals surface area contributed by atoms with Gasteiger partial charge in [0, 0.05) is 37.0 Å². The lowest BCUT2D eigenvalue weighted by Crippen LogP contribution is -2.24. The van der Waals surface area contributed by atoms with Gasteiger partial charge in [0.2, 0.25) is 5.91 Å². The van der Waals surface area contributed by atoms with Crippen LogP contribution in [0.15, 0.2) is 36.4 Å². The van der Waals surface area contributed by atoms with E-state index in [2.05, 4.69) is 10.6 Å². The summed E-state index contributed by atoms with van der Waals surface area (Å²) in [6.45, 7) is 8.93. The van der Waals surface area contributed by atoms with Crippen LogP contribution in [0.2, 0.25) is 5.02 Å². The number of likely N-dealkylation sites (N-methyl/N-ethyl adjacent to an activating group) is 1. The zero-order chi connectivity index (χ0) is 21.3. The summed E-state index contributed by atoms with van der Waals surface area (Å²) in [6, 6.07) is 12.2. The molecule has 0 spiro atoms. The van der Waals surface area contributed by atoms with Crippen LogP contribution in [0.4, 0.5) is 0 Å². The number of halogens is 1. The quantitative estimate of drug-likeness (QED) is 0.494. The number of hydrogen-bond acceptors (Lipinski definition) is 3. The van der Waals surface area contributed by atoms with Crippen LogP contribution in [0.5, 0.6) is 5.75 Å². The number of ether oxygens (including phenoxy) is 1. The largest absolute Gasteiger partial charge is 0.494 e. The first-order valence-corrected chi connectivity index (χ1v) is 11.0. The van der Waals surface area contributed by atoms with E-state index in [1.807, 2.05) is 56.0 Å². The molecular formula is C24H28ClN3O2. The van der Waals surface area contributed by atoms with Gasteiger partial charge < -0.3 is 14.2 Å². The average Bonchev–Trinajstić information content (AvgIpc) is 3.29. The zero-order valence-electron chi connectivity index (χ0n) is 17.8. The normalized spacial score (nSPS) is 16.6. The van der Waals surface area contributed by atoms with Gasteiger partial charge in [0.05, 0.1) is 17.6 Å². The Morgan fingerprint density at radius 3 is 2.63 bits per heavy atom.